The highest BCUT2D eigenvalue weighted by atomic mass is 14.6. The average molecular weight is 353 g/mol. The molecule has 0 bridgehead atoms. The molecule has 2 fully saturated rings. The van der Waals surface area contributed by atoms with Crippen molar-refractivity contribution < 1.29 is 0 Å². The van der Waals surface area contributed by atoms with E-state index in [-0.39, 0.29) is 0 Å². The van der Waals surface area contributed by atoms with Crippen LogP contribution < -0.4 is 0 Å². The first-order chi connectivity index (χ1) is 12.4. The summed E-state index contributed by atoms with van der Waals surface area (Å²) in [6.07, 6.45) is 7.25. The molecule has 3 aliphatic rings. The Labute approximate surface area is 162 Å². The third kappa shape index (κ3) is 2.96. The van der Waals surface area contributed by atoms with Gasteiger partial charge in [-0.15, -0.1) is 0 Å². The number of benzene rings is 1. The molecule has 0 saturated heterocycles. The molecule has 0 radical (unpaired) electrons. The number of fused-ring (bicyclic) bond motifs is 5. The maximum Gasteiger partial charge on any atom is -0.0128 e. The van der Waals surface area contributed by atoms with Gasteiger partial charge in [0.2, 0.25) is 0 Å². The first kappa shape index (κ1) is 18.6. The lowest BCUT2D eigenvalue weighted by Crippen LogP contribution is -2.36. The fourth-order valence-corrected chi connectivity index (χ4v) is 7.42. The molecule has 144 valence electrons. The van der Waals surface area contributed by atoms with E-state index in [1.165, 1.54) is 37.7 Å². The van der Waals surface area contributed by atoms with Gasteiger partial charge in [0.15, 0.2) is 0 Å². The van der Waals surface area contributed by atoms with Crippen molar-refractivity contribution in [2.45, 2.75) is 85.5 Å². The summed E-state index contributed by atoms with van der Waals surface area (Å²) in [4.78, 5) is 0. The van der Waals surface area contributed by atoms with Gasteiger partial charge in [-0.25, -0.2) is 0 Å². The van der Waals surface area contributed by atoms with Crippen LogP contribution in [0.15, 0.2) is 18.2 Å². The fraction of sp³-hybridized carbons (Fsp3) is 0.769. The topological polar surface area (TPSA) is 0 Å². The highest BCUT2D eigenvalue weighted by Gasteiger charge is 2.52. The quantitative estimate of drug-likeness (QED) is 0.530. The lowest BCUT2D eigenvalue weighted by molar-refractivity contribution is 0.0962. The summed E-state index contributed by atoms with van der Waals surface area (Å²) in [6, 6.07) is 7.50. The van der Waals surface area contributed by atoms with Crippen molar-refractivity contribution in [1.29, 1.82) is 0 Å². The van der Waals surface area contributed by atoms with E-state index < -0.39 is 0 Å². The van der Waals surface area contributed by atoms with Crippen molar-refractivity contribution in [2.75, 3.05) is 0 Å². The van der Waals surface area contributed by atoms with Crippen LogP contribution in [0.4, 0.5) is 0 Å². The zero-order chi connectivity index (χ0) is 18.6. The molecule has 1 aromatic carbocycles. The molecule has 0 aromatic heterocycles. The molecule has 6 atom stereocenters. The summed E-state index contributed by atoms with van der Waals surface area (Å²) in [7, 11) is 0. The Bertz CT molecular complexity index is 637. The van der Waals surface area contributed by atoms with Crippen molar-refractivity contribution in [3.8, 4) is 0 Å². The molecule has 0 aliphatic heterocycles. The average Bonchev–Trinajstić information content (AvgIpc) is 3.01. The predicted molar refractivity (Wildman–Crippen MR) is 113 cm³/mol. The molecule has 0 spiro atoms. The molecule has 1 aromatic rings. The van der Waals surface area contributed by atoms with Crippen molar-refractivity contribution in [2.24, 2.45) is 41.4 Å². The summed E-state index contributed by atoms with van der Waals surface area (Å²) in [5.74, 6) is 8.17. The Morgan fingerprint density at radius 3 is 2.23 bits per heavy atom. The molecule has 0 amide bonds. The highest BCUT2D eigenvalue weighted by Crippen LogP contribution is 2.60. The molecule has 0 heteroatoms. The molecular weight excluding hydrogens is 312 g/mol. The van der Waals surface area contributed by atoms with E-state index >= 15 is 0 Å². The second-order valence-corrected chi connectivity index (χ2v) is 10.8. The Morgan fingerprint density at radius 1 is 0.808 bits per heavy atom. The van der Waals surface area contributed by atoms with Crippen LogP contribution in [-0.4, -0.2) is 0 Å². The van der Waals surface area contributed by atoms with Crippen LogP contribution in [0, 0.1) is 41.4 Å². The van der Waals surface area contributed by atoms with Gasteiger partial charge < -0.3 is 0 Å². The van der Waals surface area contributed by atoms with E-state index in [9.17, 15) is 0 Å². The zero-order valence-electron chi connectivity index (χ0n) is 18.0. The van der Waals surface area contributed by atoms with Crippen LogP contribution in [0.25, 0.3) is 0 Å². The highest BCUT2D eigenvalue weighted by molar-refractivity contribution is 5.39. The van der Waals surface area contributed by atoms with Gasteiger partial charge in [0.05, 0.1) is 0 Å². The Morgan fingerprint density at radius 2 is 1.58 bits per heavy atom. The van der Waals surface area contributed by atoms with Gasteiger partial charge in [-0.1, -0.05) is 59.7 Å². The summed E-state index contributed by atoms with van der Waals surface area (Å²) in [5.41, 5.74) is 4.96. The minimum atomic E-state index is 0.655. The second-order valence-electron chi connectivity index (χ2n) is 10.8. The van der Waals surface area contributed by atoms with Crippen LogP contribution in [0.3, 0.4) is 0 Å². The van der Waals surface area contributed by atoms with Crippen molar-refractivity contribution >= 4 is 0 Å². The van der Waals surface area contributed by atoms with Crippen LogP contribution in [-0.2, 0) is 6.42 Å². The van der Waals surface area contributed by atoms with Crippen molar-refractivity contribution in [1.82, 2.24) is 0 Å². The minimum Gasteiger partial charge on any atom is -0.0625 e. The number of aryl methyl sites for hydroxylation is 1. The maximum absolute atomic E-state index is 2.55. The fourth-order valence-electron chi connectivity index (χ4n) is 7.42. The minimum absolute atomic E-state index is 0.655. The van der Waals surface area contributed by atoms with Gasteiger partial charge in [0.25, 0.3) is 0 Å². The van der Waals surface area contributed by atoms with E-state index in [1.54, 1.807) is 11.1 Å². The molecule has 0 nitrogen and oxygen atoms in total. The van der Waals surface area contributed by atoms with Gasteiger partial charge in [0, 0.05) is 0 Å². The standard InChI is InChI=1S/C26H40/c1-15(2)18-7-9-20-19(13-18)8-10-22-21(20)11-12-23-25(22)14-24(16(3)4)26(23)17(5)6/h7,9,13,15-17,21-26H,8,10-12,14H2,1-6H3/t21-,22-,23+,24?,25+,26?/m1/s1. The Hall–Kier alpha value is -0.780. The second kappa shape index (κ2) is 6.99. The molecule has 2 unspecified atom stereocenters. The lowest BCUT2D eigenvalue weighted by Gasteiger charge is -2.46. The van der Waals surface area contributed by atoms with E-state index in [2.05, 4.69) is 59.7 Å². The maximum atomic E-state index is 2.55. The third-order valence-electron chi connectivity index (χ3n) is 8.57. The monoisotopic (exact) mass is 352 g/mol. The van der Waals surface area contributed by atoms with Crippen LogP contribution >= 0.6 is 0 Å². The van der Waals surface area contributed by atoms with Gasteiger partial charge >= 0.3 is 0 Å². The largest absolute Gasteiger partial charge is 0.0625 e. The third-order valence-corrected chi connectivity index (χ3v) is 8.57. The SMILES string of the molecule is CC(C)c1ccc2c(c1)CC[C@H]1[C@@H]3CC(C(C)C)C(C(C)C)[C@H]3CC[C@H]21. The first-order valence-corrected chi connectivity index (χ1v) is 11.5. The summed E-state index contributed by atoms with van der Waals surface area (Å²) < 4.78 is 0. The number of hydrogen-bond donors (Lipinski definition) is 0. The van der Waals surface area contributed by atoms with Crippen LogP contribution in [0.1, 0.15) is 95.8 Å². The Balaban J connectivity index is 1.62. The Kier molecular flexibility index (Phi) is 4.99. The molecule has 0 N–H and O–H groups in total. The smallest absolute Gasteiger partial charge is 0.0128 e. The molecular formula is C26H40. The van der Waals surface area contributed by atoms with E-state index in [0.717, 1.165) is 47.3 Å². The summed E-state index contributed by atoms with van der Waals surface area (Å²) in [5, 5.41) is 0. The van der Waals surface area contributed by atoms with Crippen molar-refractivity contribution in [3.63, 3.8) is 0 Å². The molecule has 4 rings (SSSR count). The molecule has 26 heavy (non-hydrogen) atoms. The lowest BCUT2D eigenvalue weighted by atomic mass is 9.59. The van der Waals surface area contributed by atoms with Gasteiger partial charge in [0.1, 0.15) is 0 Å². The summed E-state index contributed by atoms with van der Waals surface area (Å²) >= 11 is 0. The number of rotatable bonds is 3. The van der Waals surface area contributed by atoms with Crippen LogP contribution in [0.2, 0.25) is 0 Å². The number of hydrogen-bond acceptors (Lipinski definition) is 0. The van der Waals surface area contributed by atoms with Crippen molar-refractivity contribution in [3.05, 3.63) is 34.9 Å². The first-order valence-electron chi connectivity index (χ1n) is 11.5. The molecule has 3 aliphatic carbocycles. The zero-order valence-corrected chi connectivity index (χ0v) is 18.0. The normalized spacial score (nSPS) is 36.3. The van der Waals surface area contributed by atoms with E-state index in [4.69, 9.17) is 0 Å². The van der Waals surface area contributed by atoms with E-state index in [1.807, 2.05) is 0 Å². The predicted octanol–water partition coefficient (Wildman–Crippen LogP) is 7.43. The molecule has 0 heterocycles. The van der Waals surface area contributed by atoms with Gasteiger partial charge in [-0.2, -0.15) is 0 Å². The van der Waals surface area contributed by atoms with Gasteiger partial charge in [-0.3, -0.25) is 0 Å². The van der Waals surface area contributed by atoms with Gasteiger partial charge in [-0.05, 0) is 102 Å². The van der Waals surface area contributed by atoms with Crippen LogP contribution in [0.5, 0.6) is 0 Å². The molecule has 2 saturated carbocycles. The summed E-state index contributed by atoms with van der Waals surface area (Å²) in [6.45, 7) is 14.6. The van der Waals surface area contributed by atoms with E-state index in [0.29, 0.717) is 5.92 Å².